The molecule has 0 radical (unpaired) electrons. The lowest BCUT2D eigenvalue weighted by Crippen LogP contribution is -2.13. The second-order valence-electron chi connectivity index (χ2n) is 5.26. The van der Waals surface area contributed by atoms with Crippen LogP contribution in [0.2, 0.25) is 0 Å². The summed E-state index contributed by atoms with van der Waals surface area (Å²) in [5, 5.41) is 5.12. The summed E-state index contributed by atoms with van der Waals surface area (Å²) in [6.45, 7) is 2.42. The van der Waals surface area contributed by atoms with Crippen molar-refractivity contribution < 1.29 is 13.2 Å². The molecule has 0 unspecified atom stereocenters. The third-order valence-corrected chi connectivity index (χ3v) is 4.79. The van der Waals surface area contributed by atoms with Gasteiger partial charge in [-0.3, -0.25) is 0 Å². The van der Waals surface area contributed by atoms with Crippen molar-refractivity contribution >= 4 is 10.0 Å². The van der Waals surface area contributed by atoms with Crippen LogP contribution in [-0.4, -0.2) is 15.0 Å². The van der Waals surface area contributed by atoms with Crippen LogP contribution in [0.25, 0.3) is 0 Å². The average molecular weight is 283 g/mol. The first-order valence-corrected chi connectivity index (χ1v) is 8.28. The molecule has 0 spiro atoms. The van der Waals surface area contributed by atoms with E-state index >= 15 is 0 Å². The zero-order valence-electron chi connectivity index (χ0n) is 11.3. The lowest BCUT2D eigenvalue weighted by molar-refractivity contribution is 0.279. The molecule has 19 heavy (non-hydrogen) atoms. The Morgan fingerprint density at radius 3 is 2.58 bits per heavy atom. The van der Waals surface area contributed by atoms with E-state index in [1.165, 1.54) is 31.7 Å². The predicted molar refractivity (Wildman–Crippen MR) is 74.6 cm³/mol. The highest BCUT2D eigenvalue weighted by Crippen LogP contribution is 2.28. The second kappa shape index (κ2) is 5.92. The van der Waals surface area contributed by atoms with E-state index < -0.39 is 10.0 Å². The average Bonchev–Trinajstić information content (AvgIpc) is 2.80. The molecular formula is C14H21NO3S. The molecule has 5 heteroatoms. The van der Waals surface area contributed by atoms with E-state index in [0.29, 0.717) is 17.9 Å². The maximum absolute atomic E-state index is 11.3. The first-order valence-electron chi connectivity index (χ1n) is 6.73. The quantitative estimate of drug-likeness (QED) is 0.903. The van der Waals surface area contributed by atoms with Gasteiger partial charge in [-0.15, -0.1) is 0 Å². The molecule has 1 aliphatic carbocycles. The maximum atomic E-state index is 11.3. The van der Waals surface area contributed by atoms with Gasteiger partial charge >= 0.3 is 0 Å². The fraction of sp³-hybridized carbons (Fsp3) is 0.571. The highest BCUT2D eigenvalue weighted by Gasteiger charge is 2.15. The number of benzene rings is 1. The van der Waals surface area contributed by atoms with E-state index in [9.17, 15) is 8.42 Å². The van der Waals surface area contributed by atoms with Crippen molar-refractivity contribution in [2.45, 2.75) is 43.9 Å². The van der Waals surface area contributed by atoms with Gasteiger partial charge in [0, 0.05) is 0 Å². The van der Waals surface area contributed by atoms with E-state index in [1.54, 1.807) is 19.1 Å². The zero-order chi connectivity index (χ0) is 13.9. The molecule has 1 aromatic carbocycles. The van der Waals surface area contributed by atoms with Gasteiger partial charge in [-0.25, -0.2) is 13.6 Å². The van der Waals surface area contributed by atoms with Gasteiger partial charge in [0.25, 0.3) is 0 Å². The molecule has 2 rings (SSSR count). The van der Waals surface area contributed by atoms with Gasteiger partial charge in [0.15, 0.2) is 0 Å². The molecular weight excluding hydrogens is 262 g/mol. The first kappa shape index (κ1) is 14.3. The summed E-state index contributed by atoms with van der Waals surface area (Å²) >= 11 is 0. The molecule has 0 atom stereocenters. The van der Waals surface area contributed by atoms with Gasteiger partial charge in [-0.05, 0) is 43.0 Å². The summed E-state index contributed by atoms with van der Waals surface area (Å²) in [4.78, 5) is 0.163. The number of rotatable bonds is 5. The number of primary sulfonamides is 1. The maximum Gasteiger partial charge on any atom is 0.238 e. The van der Waals surface area contributed by atoms with E-state index in [-0.39, 0.29) is 4.90 Å². The Morgan fingerprint density at radius 2 is 2.00 bits per heavy atom. The van der Waals surface area contributed by atoms with Gasteiger partial charge in [-0.2, -0.15) is 0 Å². The summed E-state index contributed by atoms with van der Waals surface area (Å²) in [6, 6.07) is 4.91. The molecule has 1 aromatic rings. The monoisotopic (exact) mass is 283 g/mol. The summed E-state index contributed by atoms with van der Waals surface area (Å²) in [7, 11) is -3.64. The van der Waals surface area contributed by atoms with Crippen molar-refractivity contribution in [1.29, 1.82) is 0 Å². The molecule has 1 fully saturated rings. The Hall–Kier alpha value is -1.07. The van der Waals surface area contributed by atoms with Crippen molar-refractivity contribution in [3.8, 4) is 5.75 Å². The Balaban J connectivity index is 1.92. The van der Waals surface area contributed by atoms with Gasteiger partial charge in [0.2, 0.25) is 10.0 Å². The lowest BCUT2D eigenvalue weighted by atomic mass is 10.1. The summed E-state index contributed by atoms with van der Waals surface area (Å²) in [5.41, 5.74) is 0.626. The summed E-state index contributed by atoms with van der Waals surface area (Å²) < 4.78 is 28.3. The van der Waals surface area contributed by atoms with Gasteiger partial charge in [-0.1, -0.05) is 25.7 Å². The molecule has 2 N–H and O–H groups in total. The minimum Gasteiger partial charge on any atom is -0.494 e. The van der Waals surface area contributed by atoms with Crippen molar-refractivity contribution in [1.82, 2.24) is 0 Å². The molecule has 4 nitrogen and oxygen atoms in total. The van der Waals surface area contributed by atoms with Crippen LogP contribution in [0.1, 0.15) is 37.7 Å². The van der Waals surface area contributed by atoms with Gasteiger partial charge in [0.1, 0.15) is 5.75 Å². The standard InChI is InChI=1S/C14H21NO3S/c1-11-10-13(6-7-14(11)19(15,16)17)18-9-8-12-4-2-3-5-12/h6-7,10,12H,2-5,8-9H2,1H3,(H2,15,16,17). The molecule has 106 valence electrons. The van der Waals surface area contributed by atoms with Crippen LogP contribution < -0.4 is 9.88 Å². The number of hydrogen-bond acceptors (Lipinski definition) is 3. The smallest absolute Gasteiger partial charge is 0.238 e. The van der Waals surface area contributed by atoms with E-state index in [2.05, 4.69) is 0 Å². The molecule has 0 amide bonds. The SMILES string of the molecule is Cc1cc(OCCC2CCCC2)ccc1S(N)(=O)=O. The molecule has 1 aliphatic rings. The normalized spacial score (nSPS) is 16.7. The molecule has 0 heterocycles. The number of hydrogen-bond donors (Lipinski definition) is 1. The highest BCUT2D eigenvalue weighted by molar-refractivity contribution is 7.89. The number of nitrogens with two attached hydrogens (primary N) is 1. The van der Waals surface area contributed by atoms with Crippen LogP contribution in [-0.2, 0) is 10.0 Å². The molecule has 0 bridgehead atoms. The van der Waals surface area contributed by atoms with Crippen molar-refractivity contribution in [2.24, 2.45) is 11.1 Å². The minimum atomic E-state index is -3.64. The number of ether oxygens (including phenoxy) is 1. The van der Waals surface area contributed by atoms with Gasteiger partial charge < -0.3 is 4.74 Å². The highest BCUT2D eigenvalue weighted by atomic mass is 32.2. The van der Waals surface area contributed by atoms with Crippen LogP contribution in [0, 0.1) is 12.8 Å². The van der Waals surface area contributed by atoms with Crippen molar-refractivity contribution in [3.63, 3.8) is 0 Å². The first-order chi connectivity index (χ1) is 8.97. The van der Waals surface area contributed by atoms with Crippen molar-refractivity contribution in [2.75, 3.05) is 6.61 Å². The van der Waals surface area contributed by atoms with E-state index in [4.69, 9.17) is 9.88 Å². The Bertz CT molecular complexity index is 534. The Labute approximate surface area is 115 Å². The van der Waals surface area contributed by atoms with Crippen LogP contribution in [0.5, 0.6) is 5.75 Å². The van der Waals surface area contributed by atoms with Crippen LogP contribution in [0.3, 0.4) is 0 Å². The second-order valence-corrected chi connectivity index (χ2v) is 6.79. The molecule has 0 saturated heterocycles. The molecule has 0 aromatic heterocycles. The number of aryl methyl sites for hydroxylation is 1. The molecule has 0 aliphatic heterocycles. The van der Waals surface area contributed by atoms with Crippen molar-refractivity contribution in [3.05, 3.63) is 23.8 Å². The van der Waals surface area contributed by atoms with Crippen LogP contribution in [0.4, 0.5) is 0 Å². The zero-order valence-corrected chi connectivity index (χ0v) is 12.1. The minimum absolute atomic E-state index is 0.163. The van der Waals surface area contributed by atoms with E-state index in [1.807, 2.05) is 0 Å². The van der Waals surface area contributed by atoms with Crippen LogP contribution in [0.15, 0.2) is 23.1 Å². The molecule has 1 saturated carbocycles. The summed E-state index contributed by atoms with van der Waals surface area (Å²) in [5.74, 6) is 1.51. The fourth-order valence-electron chi connectivity index (χ4n) is 2.67. The van der Waals surface area contributed by atoms with E-state index in [0.717, 1.165) is 12.3 Å². The van der Waals surface area contributed by atoms with Gasteiger partial charge in [0.05, 0.1) is 11.5 Å². The lowest BCUT2D eigenvalue weighted by Gasteiger charge is -2.11. The third-order valence-electron chi connectivity index (χ3n) is 3.72. The topological polar surface area (TPSA) is 69.4 Å². The van der Waals surface area contributed by atoms with Crippen LogP contribution >= 0.6 is 0 Å². The Morgan fingerprint density at radius 1 is 1.32 bits per heavy atom. The predicted octanol–water partition coefficient (Wildman–Crippen LogP) is 2.60. The largest absolute Gasteiger partial charge is 0.494 e. The number of sulfonamides is 1. The summed E-state index contributed by atoms with van der Waals surface area (Å²) in [6.07, 6.45) is 6.38. The Kier molecular flexibility index (Phi) is 4.47. The fourth-order valence-corrected chi connectivity index (χ4v) is 3.44. The third kappa shape index (κ3) is 3.94.